The van der Waals surface area contributed by atoms with Crippen molar-refractivity contribution in [2.45, 2.75) is 6.54 Å². The fraction of sp³-hybridized carbons (Fsp3) is 0.300. The van der Waals surface area contributed by atoms with Gasteiger partial charge in [-0.25, -0.2) is 14.8 Å². The van der Waals surface area contributed by atoms with Crippen LogP contribution in [0.1, 0.15) is 10.4 Å². The van der Waals surface area contributed by atoms with Gasteiger partial charge in [-0.1, -0.05) is 18.2 Å². The van der Waals surface area contributed by atoms with E-state index in [9.17, 15) is 9.59 Å². The van der Waals surface area contributed by atoms with E-state index in [1.165, 1.54) is 7.11 Å². The van der Waals surface area contributed by atoms with E-state index in [2.05, 4.69) is 14.9 Å². The summed E-state index contributed by atoms with van der Waals surface area (Å²) in [5.74, 6) is 0.304. The molecule has 8 nitrogen and oxygen atoms in total. The van der Waals surface area contributed by atoms with Crippen LogP contribution in [0.2, 0.25) is 0 Å². The van der Waals surface area contributed by atoms with Gasteiger partial charge in [0.15, 0.2) is 0 Å². The minimum atomic E-state index is -0.404. The van der Waals surface area contributed by atoms with Gasteiger partial charge in [-0.3, -0.25) is 4.79 Å². The van der Waals surface area contributed by atoms with E-state index < -0.39 is 5.97 Å². The molecule has 144 valence electrons. The second-order valence-corrected chi connectivity index (χ2v) is 6.60. The van der Waals surface area contributed by atoms with Crippen LogP contribution in [0.25, 0.3) is 10.9 Å². The van der Waals surface area contributed by atoms with Crippen LogP contribution in [0.5, 0.6) is 0 Å². The van der Waals surface area contributed by atoms with E-state index in [0.29, 0.717) is 37.7 Å². The first-order chi connectivity index (χ1) is 13.7. The molecule has 28 heavy (non-hydrogen) atoms. The number of carbonyl (C=O) groups excluding carboxylic acids is 2. The molecule has 0 aliphatic carbocycles. The Bertz CT molecular complexity index is 994. The first kappa shape index (κ1) is 18.0. The molecule has 0 saturated carbocycles. The van der Waals surface area contributed by atoms with E-state index in [0.717, 1.165) is 10.9 Å². The SMILES string of the molecule is COC(=O)c1cn(CC(=O)N2CCN(c3ncccn3)CC2)c2ccccc12. The molecule has 1 aromatic carbocycles. The number of aromatic nitrogens is 3. The summed E-state index contributed by atoms with van der Waals surface area (Å²) in [6.45, 7) is 2.78. The molecule has 1 saturated heterocycles. The largest absolute Gasteiger partial charge is 0.465 e. The second kappa shape index (κ2) is 7.67. The smallest absolute Gasteiger partial charge is 0.340 e. The maximum atomic E-state index is 12.8. The van der Waals surface area contributed by atoms with Gasteiger partial charge >= 0.3 is 5.97 Å². The fourth-order valence-electron chi connectivity index (χ4n) is 3.51. The Morgan fingerprint density at radius 3 is 2.46 bits per heavy atom. The topological polar surface area (TPSA) is 80.6 Å². The quantitative estimate of drug-likeness (QED) is 0.640. The number of esters is 1. The predicted octanol–water partition coefficient (Wildman–Crippen LogP) is 1.57. The summed E-state index contributed by atoms with van der Waals surface area (Å²) in [5, 5.41) is 0.785. The van der Waals surface area contributed by atoms with Crippen molar-refractivity contribution in [3.05, 3.63) is 54.5 Å². The van der Waals surface area contributed by atoms with Gasteiger partial charge in [0.1, 0.15) is 6.54 Å². The first-order valence-corrected chi connectivity index (χ1v) is 9.13. The normalized spacial score (nSPS) is 14.3. The average Bonchev–Trinajstić information content (AvgIpc) is 3.12. The van der Waals surface area contributed by atoms with Crippen LogP contribution in [0.3, 0.4) is 0 Å². The molecule has 0 radical (unpaired) electrons. The van der Waals surface area contributed by atoms with Gasteiger partial charge in [0.2, 0.25) is 11.9 Å². The van der Waals surface area contributed by atoms with Crippen LogP contribution in [-0.4, -0.2) is 64.6 Å². The third-order valence-corrected chi connectivity index (χ3v) is 4.97. The number of piperazine rings is 1. The minimum absolute atomic E-state index is 0.0193. The maximum Gasteiger partial charge on any atom is 0.340 e. The molecule has 1 fully saturated rings. The number of hydrogen-bond acceptors (Lipinski definition) is 6. The molecular weight excluding hydrogens is 358 g/mol. The molecule has 3 heterocycles. The minimum Gasteiger partial charge on any atom is -0.465 e. The van der Waals surface area contributed by atoms with E-state index in [4.69, 9.17) is 4.74 Å². The molecular formula is C20H21N5O3. The monoisotopic (exact) mass is 379 g/mol. The summed E-state index contributed by atoms with van der Waals surface area (Å²) in [6.07, 6.45) is 5.13. The number of hydrogen-bond donors (Lipinski definition) is 0. The van der Waals surface area contributed by atoms with Crippen LogP contribution in [0.15, 0.2) is 48.9 Å². The van der Waals surface area contributed by atoms with Gasteiger partial charge in [-0.2, -0.15) is 0 Å². The molecule has 0 bridgehead atoms. The van der Waals surface area contributed by atoms with E-state index in [1.54, 1.807) is 24.7 Å². The van der Waals surface area contributed by atoms with Gasteiger partial charge in [-0.05, 0) is 12.1 Å². The number of fused-ring (bicyclic) bond motifs is 1. The van der Waals surface area contributed by atoms with Crippen molar-refractivity contribution in [2.75, 3.05) is 38.2 Å². The number of para-hydroxylation sites is 1. The molecule has 4 rings (SSSR count). The maximum absolute atomic E-state index is 12.8. The van der Waals surface area contributed by atoms with Crippen molar-refractivity contribution >= 4 is 28.7 Å². The van der Waals surface area contributed by atoms with Crippen molar-refractivity contribution in [1.29, 1.82) is 0 Å². The number of ether oxygens (including phenoxy) is 1. The molecule has 3 aromatic rings. The molecule has 1 aliphatic heterocycles. The third-order valence-electron chi connectivity index (χ3n) is 4.97. The Morgan fingerprint density at radius 2 is 1.75 bits per heavy atom. The van der Waals surface area contributed by atoms with Crippen molar-refractivity contribution < 1.29 is 14.3 Å². The number of carbonyl (C=O) groups is 2. The lowest BCUT2D eigenvalue weighted by molar-refractivity contribution is -0.132. The number of rotatable bonds is 4. The van der Waals surface area contributed by atoms with E-state index in [-0.39, 0.29) is 12.5 Å². The molecule has 0 atom stereocenters. The van der Waals surface area contributed by atoms with Gasteiger partial charge in [-0.15, -0.1) is 0 Å². The highest BCUT2D eigenvalue weighted by Crippen LogP contribution is 2.22. The predicted molar refractivity (Wildman–Crippen MR) is 104 cm³/mol. The zero-order valence-corrected chi connectivity index (χ0v) is 15.6. The highest BCUT2D eigenvalue weighted by molar-refractivity contribution is 6.04. The zero-order valence-electron chi connectivity index (χ0n) is 15.6. The number of nitrogens with zero attached hydrogens (tertiary/aromatic N) is 5. The summed E-state index contributed by atoms with van der Waals surface area (Å²) < 4.78 is 6.68. The first-order valence-electron chi connectivity index (χ1n) is 9.13. The fourth-order valence-corrected chi connectivity index (χ4v) is 3.51. The summed E-state index contributed by atoms with van der Waals surface area (Å²) in [5.41, 5.74) is 1.31. The Labute approximate surface area is 162 Å². The molecule has 2 aromatic heterocycles. The van der Waals surface area contributed by atoms with Gasteiger partial charge in [0.05, 0.1) is 12.7 Å². The van der Waals surface area contributed by atoms with Crippen molar-refractivity contribution in [3.63, 3.8) is 0 Å². The second-order valence-electron chi connectivity index (χ2n) is 6.60. The van der Waals surface area contributed by atoms with Crippen molar-refractivity contribution in [2.24, 2.45) is 0 Å². The Morgan fingerprint density at radius 1 is 1.04 bits per heavy atom. The molecule has 8 heteroatoms. The molecule has 0 unspecified atom stereocenters. The lowest BCUT2D eigenvalue weighted by Crippen LogP contribution is -2.50. The van der Waals surface area contributed by atoms with Crippen molar-refractivity contribution in [1.82, 2.24) is 19.4 Å². The van der Waals surface area contributed by atoms with Crippen LogP contribution >= 0.6 is 0 Å². The van der Waals surface area contributed by atoms with Crippen LogP contribution < -0.4 is 4.90 Å². The Balaban J connectivity index is 1.47. The lowest BCUT2D eigenvalue weighted by atomic mass is 10.2. The summed E-state index contributed by atoms with van der Waals surface area (Å²) in [7, 11) is 1.36. The number of amides is 1. The molecule has 1 amide bonds. The summed E-state index contributed by atoms with van der Waals surface area (Å²) in [6, 6.07) is 9.31. The molecule has 1 aliphatic rings. The van der Waals surface area contributed by atoms with Crippen molar-refractivity contribution in [3.8, 4) is 0 Å². The third kappa shape index (κ3) is 3.40. The zero-order chi connectivity index (χ0) is 19.5. The average molecular weight is 379 g/mol. The number of anilines is 1. The Hall–Kier alpha value is -3.42. The highest BCUT2D eigenvalue weighted by atomic mass is 16.5. The van der Waals surface area contributed by atoms with Gasteiger partial charge in [0, 0.05) is 55.7 Å². The van der Waals surface area contributed by atoms with Crippen LogP contribution in [0, 0.1) is 0 Å². The molecule has 0 spiro atoms. The highest BCUT2D eigenvalue weighted by Gasteiger charge is 2.24. The number of methoxy groups -OCH3 is 1. The summed E-state index contributed by atoms with van der Waals surface area (Å²) in [4.78, 5) is 37.3. The molecule has 0 N–H and O–H groups in total. The summed E-state index contributed by atoms with van der Waals surface area (Å²) >= 11 is 0. The standard InChI is InChI=1S/C20H21N5O3/c1-28-19(27)16-13-25(17-6-3-2-5-15(16)17)14-18(26)23-9-11-24(12-10-23)20-21-7-4-8-22-20/h2-8,13H,9-12,14H2,1H3. The van der Waals surface area contributed by atoms with E-state index >= 15 is 0 Å². The van der Waals surface area contributed by atoms with E-state index in [1.807, 2.05) is 33.7 Å². The van der Waals surface area contributed by atoms with Gasteiger partial charge < -0.3 is 19.1 Å². The number of benzene rings is 1. The lowest BCUT2D eigenvalue weighted by Gasteiger charge is -2.34. The Kier molecular flexibility index (Phi) is 4.92. The van der Waals surface area contributed by atoms with Crippen LogP contribution in [0.4, 0.5) is 5.95 Å². The van der Waals surface area contributed by atoms with Crippen LogP contribution in [-0.2, 0) is 16.1 Å². The van der Waals surface area contributed by atoms with Gasteiger partial charge in [0.25, 0.3) is 0 Å².